The summed E-state index contributed by atoms with van der Waals surface area (Å²) in [5.74, 6) is 0.433. The molecular formula is C12H16Cl2FN. The van der Waals surface area contributed by atoms with Gasteiger partial charge >= 0.3 is 0 Å². The zero-order valence-electron chi connectivity index (χ0n) is 9.35. The van der Waals surface area contributed by atoms with Crippen LogP contribution in [0.1, 0.15) is 18.9 Å². The molecule has 0 aromatic heterocycles. The Balaban J connectivity index is 2.65. The molecule has 0 N–H and O–H groups in total. The Bertz CT molecular complexity index is 331. The van der Waals surface area contributed by atoms with Gasteiger partial charge in [-0.05, 0) is 37.7 Å². The smallest absolute Gasteiger partial charge is 0.127 e. The van der Waals surface area contributed by atoms with Gasteiger partial charge < -0.3 is 0 Å². The summed E-state index contributed by atoms with van der Waals surface area (Å²) in [5.41, 5.74) is 0.643. The number of halogens is 3. The lowest BCUT2D eigenvalue weighted by Crippen LogP contribution is -2.24. The highest BCUT2D eigenvalue weighted by Gasteiger charge is 2.08. The van der Waals surface area contributed by atoms with Crippen LogP contribution in [0.4, 0.5) is 4.39 Å². The highest BCUT2D eigenvalue weighted by molar-refractivity contribution is 6.30. The SMILES string of the molecule is CCN(CCCCl)Cc1cc(Cl)ccc1F. The number of hydrogen-bond donors (Lipinski definition) is 0. The average molecular weight is 264 g/mol. The van der Waals surface area contributed by atoms with E-state index in [0.717, 1.165) is 19.5 Å². The molecule has 1 rings (SSSR count). The molecule has 0 aliphatic rings. The summed E-state index contributed by atoms with van der Waals surface area (Å²) < 4.78 is 13.5. The van der Waals surface area contributed by atoms with Gasteiger partial charge in [0.05, 0.1) is 0 Å². The molecule has 16 heavy (non-hydrogen) atoms. The third kappa shape index (κ3) is 4.28. The van der Waals surface area contributed by atoms with E-state index in [0.29, 0.717) is 23.0 Å². The molecule has 0 heterocycles. The van der Waals surface area contributed by atoms with Crippen LogP contribution >= 0.6 is 23.2 Å². The summed E-state index contributed by atoms with van der Waals surface area (Å²) in [6.07, 6.45) is 0.914. The number of benzene rings is 1. The first-order chi connectivity index (χ1) is 7.67. The Labute approximate surface area is 106 Å². The fraction of sp³-hybridized carbons (Fsp3) is 0.500. The Kier molecular flexibility index (Phi) is 6.10. The predicted octanol–water partition coefficient (Wildman–Crippen LogP) is 3.93. The molecule has 0 radical (unpaired) electrons. The second kappa shape index (κ2) is 7.10. The minimum Gasteiger partial charge on any atom is -0.299 e. The fourth-order valence-corrected chi connectivity index (χ4v) is 1.85. The summed E-state index contributed by atoms with van der Waals surface area (Å²) in [5, 5.41) is 0.574. The van der Waals surface area contributed by atoms with Crippen molar-refractivity contribution in [2.45, 2.75) is 19.9 Å². The second-order valence-corrected chi connectivity index (χ2v) is 4.46. The van der Waals surface area contributed by atoms with Crippen LogP contribution < -0.4 is 0 Å². The molecule has 1 nitrogen and oxygen atoms in total. The van der Waals surface area contributed by atoms with Gasteiger partial charge in [0.15, 0.2) is 0 Å². The Morgan fingerprint density at radius 1 is 1.38 bits per heavy atom. The van der Waals surface area contributed by atoms with Gasteiger partial charge in [-0.25, -0.2) is 4.39 Å². The first kappa shape index (κ1) is 13.8. The van der Waals surface area contributed by atoms with Gasteiger partial charge in [-0.1, -0.05) is 18.5 Å². The van der Waals surface area contributed by atoms with E-state index < -0.39 is 0 Å². The van der Waals surface area contributed by atoms with E-state index in [1.807, 2.05) is 0 Å². The lowest BCUT2D eigenvalue weighted by Gasteiger charge is -2.20. The van der Waals surface area contributed by atoms with Crippen LogP contribution in [0, 0.1) is 5.82 Å². The van der Waals surface area contributed by atoms with Crippen LogP contribution in [0.3, 0.4) is 0 Å². The maximum Gasteiger partial charge on any atom is 0.127 e. The normalized spacial score (nSPS) is 11.1. The van der Waals surface area contributed by atoms with Gasteiger partial charge in [-0.15, -0.1) is 11.6 Å². The van der Waals surface area contributed by atoms with Crippen LogP contribution in [0.5, 0.6) is 0 Å². The monoisotopic (exact) mass is 263 g/mol. The maximum absolute atomic E-state index is 13.5. The number of alkyl halides is 1. The minimum absolute atomic E-state index is 0.200. The largest absolute Gasteiger partial charge is 0.299 e. The van der Waals surface area contributed by atoms with E-state index in [1.165, 1.54) is 6.07 Å². The van der Waals surface area contributed by atoms with Crippen molar-refractivity contribution in [1.29, 1.82) is 0 Å². The molecule has 0 saturated heterocycles. The average Bonchev–Trinajstić information content (AvgIpc) is 2.28. The third-order valence-electron chi connectivity index (χ3n) is 2.46. The molecule has 0 spiro atoms. The van der Waals surface area contributed by atoms with Crippen LogP contribution in [-0.4, -0.2) is 23.9 Å². The van der Waals surface area contributed by atoms with Crippen LogP contribution in [-0.2, 0) is 6.54 Å². The lowest BCUT2D eigenvalue weighted by molar-refractivity contribution is 0.277. The minimum atomic E-state index is -0.200. The van der Waals surface area contributed by atoms with Gasteiger partial charge in [0.1, 0.15) is 5.82 Å². The summed E-state index contributed by atoms with van der Waals surface area (Å²) in [6, 6.07) is 4.66. The Morgan fingerprint density at radius 2 is 2.12 bits per heavy atom. The molecule has 0 saturated carbocycles. The van der Waals surface area contributed by atoms with Gasteiger partial charge in [-0.3, -0.25) is 4.90 Å². The van der Waals surface area contributed by atoms with Gasteiger partial charge in [-0.2, -0.15) is 0 Å². The van der Waals surface area contributed by atoms with Crippen molar-refractivity contribution in [1.82, 2.24) is 4.90 Å². The molecule has 1 aromatic carbocycles. The molecule has 0 amide bonds. The van der Waals surface area contributed by atoms with Gasteiger partial charge in [0.2, 0.25) is 0 Å². The third-order valence-corrected chi connectivity index (χ3v) is 2.96. The van der Waals surface area contributed by atoms with Crippen molar-refractivity contribution in [3.05, 3.63) is 34.6 Å². The zero-order valence-corrected chi connectivity index (χ0v) is 10.9. The fourth-order valence-electron chi connectivity index (χ4n) is 1.54. The predicted molar refractivity (Wildman–Crippen MR) is 67.7 cm³/mol. The van der Waals surface area contributed by atoms with Crippen molar-refractivity contribution >= 4 is 23.2 Å². The molecule has 0 fully saturated rings. The molecule has 4 heteroatoms. The molecule has 0 aliphatic heterocycles. The van der Waals surface area contributed by atoms with Crippen molar-refractivity contribution in [2.75, 3.05) is 19.0 Å². The van der Waals surface area contributed by atoms with E-state index in [4.69, 9.17) is 23.2 Å². The standard InChI is InChI=1S/C12H16Cl2FN/c1-2-16(7-3-6-13)9-10-8-11(14)4-5-12(10)15/h4-5,8H,2-3,6-7,9H2,1H3. The van der Waals surface area contributed by atoms with Crippen LogP contribution in [0.25, 0.3) is 0 Å². The van der Waals surface area contributed by atoms with E-state index >= 15 is 0 Å². The first-order valence-electron chi connectivity index (χ1n) is 5.39. The van der Waals surface area contributed by atoms with E-state index in [2.05, 4.69) is 11.8 Å². The number of rotatable bonds is 6. The van der Waals surface area contributed by atoms with Crippen molar-refractivity contribution in [2.24, 2.45) is 0 Å². The Hall–Kier alpha value is -0.310. The quantitative estimate of drug-likeness (QED) is 0.704. The number of nitrogens with zero attached hydrogens (tertiary/aromatic N) is 1. The first-order valence-corrected chi connectivity index (χ1v) is 6.31. The van der Waals surface area contributed by atoms with E-state index in [-0.39, 0.29) is 5.82 Å². The van der Waals surface area contributed by atoms with Crippen molar-refractivity contribution < 1.29 is 4.39 Å². The van der Waals surface area contributed by atoms with Crippen molar-refractivity contribution in [3.8, 4) is 0 Å². The summed E-state index contributed by atoms with van der Waals surface area (Å²) in [6.45, 7) is 4.39. The highest BCUT2D eigenvalue weighted by Crippen LogP contribution is 2.16. The number of hydrogen-bond acceptors (Lipinski definition) is 1. The molecule has 0 unspecified atom stereocenters. The van der Waals surface area contributed by atoms with E-state index in [9.17, 15) is 4.39 Å². The molecule has 0 atom stereocenters. The molecular weight excluding hydrogens is 248 g/mol. The van der Waals surface area contributed by atoms with Gasteiger partial charge in [0.25, 0.3) is 0 Å². The summed E-state index contributed by atoms with van der Waals surface area (Å²) in [4.78, 5) is 2.15. The molecule has 0 aliphatic carbocycles. The topological polar surface area (TPSA) is 3.24 Å². The molecule has 0 bridgehead atoms. The molecule has 1 aromatic rings. The Morgan fingerprint density at radius 3 is 2.75 bits per heavy atom. The lowest BCUT2D eigenvalue weighted by atomic mass is 10.2. The van der Waals surface area contributed by atoms with Gasteiger partial charge in [0, 0.05) is 23.0 Å². The second-order valence-electron chi connectivity index (χ2n) is 3.65. The van der Waals surface area contributed by atoms with E-state index in [1.54, 1.807) is 12.1 Å². The maximum atomic E-state index is 13.5. The summed E-state index contributed by atoms with van der Waals surface area (Å²) >= 11 is 11.5. The van der Waals surface area contributed by atoms with Crippen molar-refractivity contribution in [3.63, 3.8) is 0 Å². The zero-order chi connectivity index (χ0) is 12.0. The van der Waals surface area contributed by atoms with Crippen LogP contribution in [0.2, 0.25) is 5.02 Å². The summed E-state index contributed by atoms with van der Waals surface area (Å²) in [7, 11) is 0. The van der Waals surface area contributed by atoms with Crippen LogP contribution in [0.15, 0.2) is 18.2 Å². The highest BCUT2D eigenvalue weighted by atomic mass is 35.5. The molecule has 90 valence electrons.